The van der Waals surface area contributed by atoms with E-state index in [1.807, 2.05) is 20.8 Å². The lowest BCUT2D eigenvalue weighted by molar-refractivity contribution is -0.143. The smallest absolute Gasteiger partial charge is 0.306 e. The quantitative estimate of drug-likeness (QED) is 0.615. The molecule has 3 rings (SSSR count). The number of carboxylic acid groups (broad SMARTS) is 1. The summed E-state index contributed by atoms with van der Waals surface area (Å²) in [5, 5.41) is 12.0. The van der Waals surface area contributed by atoms with E-state index >= 15 is 0 Å². The fourth-order valence-corrected chi connectivity index (χ4v) is 4.07. The number of carbonyl (C=O) groups is 3. The Morgan fingerprint density at radius 2 is 1.79 bits per heavy atom. The van der Waals surface area contributed by atoms with Crippen LogP contribution in [0.1, 0.15) is 69.7 Å². The number of methoxy groups -OCH3 is 1. The van der Waals surface area contributed by atoms with Gasteiger partial charge in [0.15, 0.2) is 11.6 Å². The van der Waals surface area contributed by atoms with Crippen LogP contribution >= 0.6 is 0 Å². The summed E-state index contributed by atoms with van der Waals surface area (Å²) in [6.07, 6.45) is 2.70. The second-order valence-corrected chi connectivity index (χ2v) is 10.2. The Morgan fingerprint density at radius 3 is 2.32 bits per heavy atom. The molecule has 0 spiro atoms. The van der Waals surface area contributed by atoms with Crippen molar-refractivity contribution in [2.24, 2.45) is 22.2 Å². The second-order valence-electron chi connectivity index (χ2n) is 10.2. The molecule has 0 bridgehead atoms. The van der Waals surface area contributed by atoms with Gasteiger partial charge in [0.1, 0.15) is 5.75 Å². The number of nitrogens with zero attached hydrogens (tertiary/aromatic N) is 1. The zero-order chi connectivity index (χ0) is 25.0. The van der Waals surface area contributed by atoms with E-state index in [0.29, 0.717) is 50.8 Å². The van der Waals surface area contributed by atoms with Gasteiger partial charge >= 0.3 is 5.97 Å². The number of aliphatic carboxylic acids is 1. The lowest BCUT2D eigenvalue weighted by Gasteiger charge is -2.29. The predicted octanol–water partition coefficient (Wildman–Crippen LogP) is 4.01. The summed E-state index contributed by atoms with van der Waals surface area (Å²) in [5.41, 5.74) is 0.487. The first-order valence-electron chi connectivity index (χ1n) is 11.6. The molecule has 0 radical (unpaired) electrons. The summed E-state index contributed by atoms with van der Waals surface area (Å²) in [4.78, 5) is 40.7. The van der Waals surface area contributed by atoms with E-state index < -0.39 is 29.5 Å². The van der Waals surface area contributed by atoms with Gasteiger partial charge in [0.05, 0.1) is 30.6 Å². The van der Waals surface area contributed by atoms with Crippen LogP contribution in [-0.4, -0.2) is 48.4 Å². The van der Waals surface area contributed by atoms with Crippen molar-refractivity contribution in [2.75, 3.05) is 13.7 Å². The number of amides is 2. The molecule has 1 aromatic rings. The van der Waals surface area contributed by atoms with Gasteiger partial charge in [-0.15, -0.1) is 0 Å². The number of halogens is 1. The number of nitrogens with one attached hydrogen (secondary N) is 1. The molecule has 0 heterocycles. The minimum absolute atomic E-state index is 0.0295. The molecule has 0 aliphatic heterocycles. The molecule has 34 heavy (non-hydrogen) atoms. The summed E-state index contributed by atoms with van der Waals surface area (Å²) in [6.45, 7) is 6.57. The Bertz CT molecular complexity index is 976. The van der Waals surface area contributed by atoms with Crippen molar-refractivity contribution in [1.82, 2.24) is 5.32 Å². The van der Waals surface area contributed by atoms with Crippen LogP contribution in [0, 0.1) is 23.1 Å². The summed E-state index contributed by atoms with van der Waals surface area (Å²) in [6, 6.07) is 2.36. The molecule has 2 N–H and O–H groups in total. The van der Waals surface area contributed by atoms with Gasteiger partial charge in [-0.3, -0.25) is 14.4 Å². The SMILES string of the molecule is COc1cc(F)c(OC2CCC(C(=O)O)CC2)cc1C(=O)/N=C1\CCC1C(=O)NCC(C)(C)C. The molecule has 1 aromatic carbocycles. The molecular weight excluding hydrogens is 443 g/mol. The number of benzene rings is 1. The van der Waals surface area contributed by atoms with Crippen molar-refractivity contribution < 1.29 is 33.4 Å². The third kappa shape index (κ3) is 6.33. The van der Waals surface area contributed by atoms with Gasteiger partial charge in [-0.05, 0) is 50.0 Å². The molecule has 2 aliphatic rings. The monoisotopic (exact) mass is 476 g/mol. The number of hydrogen-bond acceptors (Lipinski definition) is 5. The van der Waals surface area contributed by atoms with Gasteiger partial charge < -0.3 is 19.9 Å². The van der Waals surface area contributed by atoms with Crippen LogP contribution in [0.2, 0.25) is 0 Å². The lowest BCUT2D eigenvalue weighted by Crippen LogP contribution is -2.44. The van der Waals surface area contributed by atoms with E-state index in [1.54, 1.807) is 0 Å². The van der Waals surface area contributed by atoms with Crippen molar-refractivity contribution in [3.63, 3.8) is 0 Å². The van der Waals surface area contributed by atoms with E-state index in [2.05, 4.69) is 10.3 Å². The highest BCUT2D eigenvalue weighted by Crippen LogP contribution is 2.33. The van der Waals surface area contributed by atoms with Crippen molar-refractivity contribution in [2.45, 2.75) is 65.4 Å². The zero-order valence-corrected chi connectivity index (χ0v) is 20.2. The van der Waals surface area contributed by atoms with E-state index in [0.717, 1.165) is 6.07 Å². The number of aliphatic imine (C=N–C) groups is 1. The van der Waals surface area contributed by atoms with Crippen LogP contribution in [0.25, 0.3) is 0 Å². The highest BCUT2D eigenvalue weighted by molar-refractivity contribution is 6.14. The maximum Gasteiger partial charge on any atom is 0.306 e. The highest BCUT2D eigenvalue weighted by Gasteiger charge is 2.34. The summed E-state index contributed by atoms with van der Waals surface area (Å²) in [5.74, 6) is -3.22. The molecule has 2 fully saturated rings. The average molecular weight is 477 g/mol. The third-order valence-corrected chi connectivity index (χ3v) is 6.25. The Kier molecular flexibility index (Phi) is 7.94. The first kappa shape index (κ1) is 25.6. The molecule has 2 saturated carbocycles. The predicted molar refractivity (Wildman–Crippen MR) is 124 cm³/mol. The Hall–Kier alpha value is -2.97. The maximum atomic E-state index is 14.6. The van der Waals surface area contributed by atoms with Crippen molar-refractivity contribution in [1.29, 1.82) is 0 Å². The molecule has 2 aliphatic carbocycles. The maximum absolute atomic E-state index is 14.6. The van der Waals surface area contributed by atoms with E-state index in [-0.39, 0.29) is 34.5 Å². The number of rotatable bonds is 7. The van der Waals surface area contributed by atoms with Gasteiger partial charge in [0, 0.05) is 18.3 Å². The molecule has 8 nitrogen and oxygen atoms in total. The Balaban J connectivity index is 1.72. The largest absolute Gasteiger partial charge is 0.496 e. The number of carbonyl (C=O) groups excluding carboxylic acids is 2. The van der Waals surface area contributed by atoms with Crippen molar-refractivity contribution >= 4 is 23.5 Å². The second kappa shape index (κ2) is 10.5. The molecule has 9 heteroatoms. The van der Waals surface area contributed by atoms with Gasteiger partial charge in [0.25, 0.3) is 5.91 Å². The van der Waals surface area contributed by atoms with Gasteiger partial charge in [0.2, 0.25) is 5.91 Å². The van der Waals surface area contributed by atoms with Crippen LogP contribution in [0.5, 0.6) is 11.5 Å². The van der Waals surface area contributed by atoms with Crippen LogP contribution in [0.15, 0.2) is 17.1 Å². The summed E-state index contributed by atoms with van der Waals surface area (Å²) >= 11 is 0. The number of ether oxygens (including phenoxy) is 2. The molecule has 0 saturated heterocycles. The van der Waals surface area contributed by atoms with Crippen molar-refractivity contribution in [3.8, 4) is 11.5 Å². The fourth-order valence-electron chi connectivity index (χ4n) is 4.07. The first-order valence-corrected chi connectivity index (χ1v) is 11.6. The lowest BCUT2D eigenvalue weighted by atomic mass is 9.81. The van der Waals surface area contributed by atoms with E-state index in [4.69, 9.17) is 14.6 Å². The van der Waals surface area contributed by atoms with E-state index in [1.165, 1.54) is 13.2 Å². The third-order valence-electron chi connectivity index (χ3n) is 6.25. The van der Waals surface area contributed by atoms with Gasteiger partial charge in [-0.1, -0.05) is 20.8 Å². The van der Waals surface area contributed by atoms with Crippen LogP contribution < -0.4 is 14.8 Å². The Labute approximate surface area is 198 Å². The number of hydrogen-bond donors (Lipinski definition) is 2. The summed E-state index contributed by atoms with van der Waals surface area (Å²) in [7, 11) is 1.33. The average Bonchev–Trinajstić information content (AvgIpc) is 2.76. The fraction of sp³-hybridized carbons (Fsp3) is 0.600. The summed E-state index contributed by atoms with van der Waals surface area (Å²) < 4.78 is 25.6. The minimum Gasteiger partial charge on any atom is -0.496 e. The minimum atomic E-state index is -0.831. The number of carboxylic acids is 1. The zero-order valence-electron chi connectivity index (χ0n) is 20.2. The molecule has 186 valence electrons. The topological polar surface area (TPSA) is 114 Å². The van der Waals surface area contributed by atoms with Crippen LogP contribution in [0.4, 0.5) is 4.39 Å². The molecule has 1 atom stereocenters. The van der Waals surface area contributed by atoms with Gasteiger partial charge in [-0.2, -0.15) is 0 Å². The molecule has 1 unspecified atom stereocenters. The molecule has 2 amide bonds. The highest BCUT2D eigenvalue weighted by atomic mass is 19.1. The Morgan fingerprint density at radius 1 is 1.12 bits per heavy atom. The van der Waals surface area contributed by atoms with Gasteiger partial charge in [-0.25, -0.2) is 9.38 Å². The molecule has 0 aromatic heterocycles. The normalized spacial score (nSPS) is 23.7. The van der Waals surface area contributed by atoms with Crippen molar-refractivity contribution in [3.05, 3.63) is 23.5 Å². The van der Waals surface area contributed by atoms with E-state index in [9.17, 15) is 18.8 Å². The standard InChI is InChI=1S/C25H33FN2O6/c1-25(2,3)13-27-22(29)16-9-10-19(16)28-23(30)17-11-21(18(26)12-20(17)33-4)34-15-7-5-14(6-8-15)24(31)32/h11-12,14-16H,5-10,13H2,1-4H3,(H,27,29)(H,31,32)/b28-19+. The van der Waals surface area contributed by atoms with Crippen LogP contribution in [-0.2, 0) is 9.59 Å². The van der Waals surface area contributed by atoms with Crippen LogP contribution in [0.3, 0.4) is 0 Å². The molecular formula is C25H33FN2O6. The first-order chi connectivity index (χ1) is 16.0.